The van der Waals surface area contributed by atoms with Gasteiger partial charge in [-0.15, -0.1) is 0 Å². The highest BCUT2D eigenvalue weighted by Crippen LogP contribution is 2.22. The Labute approximate surface area is 171 Å². The second-order valence-corrected chi connectivity index (χ2v) is 7.88. The molecule has 0 bridgehead atoms. The fourth-order valence-corrected chi connectivity index (χ4v) is 4.13. The van der Waals surface area contributed by atoms with Gasteiger partial charge in [-0.05, 0) is 44.5 Å². The van der Waals surface area contributed by atoms with Crippen LogP contribution in [0, 0.1) is 13.8 Å². The molecule has 4 rings (SSSR count). The minimum absolute atomic E-state index is 0.0255. The summed E-state index contributed by atoms with van der Waals surface area (Å²) in [5, 5.41) is 0. The molecular formula is C22H27N5O2. The monoisotopic (exact) mass is 393 g/mol. The second kappa shape index (κ2) is 8.31. The number of hydrogen-bond acceptors (Lipinski definition) is 5. The Balaban J connectivity index is 1.32. The average molecular weight is 393 g/mol. The summed E-state index contributed by atoms with van der Waals surface area (Å²) in [4.78, 5) is 33.8. The first-order valence-corrected chi connectivity index (χ1v) is 10.1. The summed E-state index contributed by atoms with van der Waals surface area (Å²) in [6.07, 6.45) is 2.43. The maximum atomic E-state index is 12.9. The Morgan fingerprint density at radius 2 is 1.66 bits per heavy atom. The van der Waals surface area contributed by atoms with E-state index in [0.717, 1.165) is 22.4 Å². The zero-order chi connectivity index (χ0) is 20.4. The number of carbonyl (C=O) groups is 2. The van der Waals surface area contributed by atoms with Crippen LogP contribution in [0.3, 0.4) is 0 Å². The lowest BCUT2D eigenvalue weighted by Crippen LogP contribution is -2.54. The normalized spacial score (nSPS) is 22.0. The van der Waals surface area contributed by atoms with Gasteiger partial charge in [0.05, 0.1) is 11.7 Å². The molecule has 2 atom stereocenters. The molecule has 2 amide bonds. The zero-order valence-electron chi connectivity index (χ0n) is 16.9. The number of nitrogens with zero attached hydrogens (tertiary/aromatic N) is 3. The molecule has 0 aliphatic carbocycles. The topological polar surface area (TPSA) is 77.6 Å². The first-order valence-electron chi connectivity index (χ1n) is 10.1. The molecule has 0 radical (unpaired) electrons. The Morgan fingerprint density at radius 1 is 0.966 bits per heavy atom. The van der Waals surface area contributed by atoms with Gasteiger partial charge in [0.2, 0.25) is 5.91 Å². The van der Waals surface area contributed by atoms with Crippen molar-refractivity contribution in [2.75, 3.05) is 26.2 Å². The van der Waals surface area contributed by atoms with Crippen molar-refractivity contribution < 1.29 is 9.59 Å². The number of amides is 2. The van der Waals surface area contributed by atoms with Crippen molar-refractivity contribution >= 4 is 11.8 Å². The summed E-state index contributed by atoms with van der Waals surface area (Å²) < 4.78 is 0. The molecule has 7 heteroatoms. The Morgan fingerprint density at radius 3 is 2.31 bits per heavy atom. The van der Waals surface area contributed by atoms with E-state index in [1.807, 2.05) is 54.0 Å². The molecule has 2 fully saturated rings. The standard InChI is InChI=1S/C22H27N5O2/c1-15-11-16(2)13-17(12-15)21(28)26-7-9-27(10-8-26)22(29)20-14-19(24-25-20)18-5-3-4-6-23-18/h3-6,11-13,19-20,24-25H,7-10,14H2,1-2H3. The van der Waals surface area contributed by atoms with Crippen LogP contribution in [0.25, 0.3) is 0 Å². The highest BCUT2D eigenvalue weighted by molar-refractivity contribution is 5.95. The highest BCUT2D eigenvalue weighted by atomic mass is 16.2. The molecule has 1 aromatic heterocycles. The highest BCUT2D eigenvalue weighted by Gasteiger charge is 2.35. The van der Waals surface area contributed by atoms with Gasteiger partial charge in [-0.2, -0.15) is 0 Å². The van der Waals surface area contributed by atoms with Gasteiger partial charge < -0.3 is 9.80 Å². The minimum atomic E-state index is -0.274. The van der Waals surface area contributed by atoms with Crippen molar-refractivity contribution in [3.05, 3.63) is 65.0 Å². The van der Waals surface area contributed by atoms with E-state index in [1.165, 1.54) is 0 Å². The number of nitrogens with one attached hydrogen (secondary N) is 2. The molecular weight excluding hydrogens is 366 g/mol. The smallest absolute Gasteiger partial charge is 0.253 e. The third-order valence-electron chi connectivity index (χ3n) is 5.59. The number of aromatic nitrogens is 1. The van der Waals surface area contributed by atoms with Crippen LogP contribution in [0.4, 0.5) is 0 Å². The minimum Gasteiger partial charge on any atom is -0.338 e. The third-order valence-corrected chi connectivity index (χ3v) is 5.59. The van der Waals surface area contributed by atoms with Gasteiger partial charge in [-0.3, -0.25) is 14.6 Å². The van der Waals surface area contributed by atoms with E-state index in [2.05, 4.69) is 21.9 Å². The van der Waals surface area contributed by atoms with Crippen LogP contribution >= 0.6 is 0 Å². The summed E-state index contributed by atoms with van der Waals surface area (Å²) in [6.45, 7) is 6.23. The average Bonchev–Trinajstić information content (AvgIpc) is 3.23. The maximum Gasteiger partial charge on any atom is 0.253 e. The summed E-state index contributed by atoms with van der Waals surface area (Å²) >= 11 is 0. The van der Waals surface area contributed by atoms with Gasteiger partial charge in [0.1, 0.15) is 6.04 Å². The van der Waals surface area contributed by atoms with Crippen molar-refractivity contribution in [3.8, 4) is 0 Å². The zero-order valence-corrected chi connectivity index (χ0v) is 16.9. The number of hydrogen-bond donors (Lipinski definition) is 2. The summed E-state index contributed by atoms with van der Waals surface area (Å²) in [5.74, 6) is 0.120. The molecule has 0 spiro atoms. The molecule has 7 nitrogen and oxygen atoms in total. The number of aryl methyl sites for hydroxylation is 2. The fraction of sp³-hybridized carbons (Fsp3) is 0.409. The van der Waals surface area contributed by atoms with Crippen LogP contribution < -0.4 is 10.9 Å². The van der Waals surface area contributed by atoms with Crippen molar-refractivity contribution in [2.24, 2.45) is 0 Å². The van der Waals surface area contributed by atoms with Crippen LogP contribution in [-0.4, -0.2) is 58.8 Å². The largest absolute Gasteiger partial charge is 0.338 e. The lowest BCUT2D eigenvalue weighted by Gasteiger charge is -2.36. The van der Waals surface area contributed by atoms with E-state index in [4.69, 9.17) is 0 Å². The van der Waals surface area contributed by atoms with E-state index in [9.17, 15) is 9.59 Å². The van der Waals surface area contributed by atoms with Gasteiger partial charge in [0, 0.05) is 37.9 Å². The van der Waals surface area contributed by atoms with Gasteiger partial charge in [0.15, 0.2) is 0 Å². The molecule has 2 aliphatic heterocycles. The van der Waals surface area contributed by atoms with E-state index in [-0.39, 0.29) is 23.9 Å². The summed E-state index contributed by atoms with van der Waals surface area (Å²) in [7, 11) is 0. The van der Waals surface area contributed by atoms with Gasteiger partial charge in [-0.25, -0.2) is 10.9 Å². The molecule has 0 saturated carbocycles. The number of hydrazine groups is 1. The van der Waals surface area contributed by atoms with Crippen LogP contribution in [0.2, 0.25) is 0 Å². The quantitative estimate of drug-likeness (QED) is 0.828. The molecule has 2 unspecified atom stereocenters. The molecule has 1 aromatic carbocycles. The molecule has 29 heavy (non-hydrogen) atoms. The first kappa shape index (κ1) is 19.5. The van der Waals surface area contributed by atoms with Gasteiger partial charge >= 0.3 is 0 Å². The number of pyridine rings is 1. The predicted molar refractivity (Wildman–Crippen MR) is 110 cm³/mol. The summed E-state index contributed by atoms with van der Waals surface area (Å²) in [5.41, 5.74) is 10.1. The van der Waals surface area contributed by atoms with E-state index < -0.39 is 0 Å². The molecule has 2 N–H and O–H groups in total. The van der Waals surface area contributed by atoms with E-state index in [0.29, 0.717) is 32.6 Å². The number of piperazine rings is 1. The van der Waals surface area contributed by atoms with Gasteiger partial charge in [-0.1, -0.05) is 23.3 Å². The van der Waals surface area contributed by atoms with Crippen molar-refractivity contribution in [2.45, 2.75) is 32.4 Å². The predicted octanol–water partition coefficient (Wildman–Crippen LogP) is 1.59. The number of rotatable bonds is 3. The summed E-state index contributed by atoms with van der Waals surface area (Å²) in [6, 6.07) is 11.5. The van der Waals surface area contributed by atoms with Crippen LogP contribution in [0.1, 0.15) is 39.6 Å². The van der Waals surface area contributed by atoms with Crippen molar-refractivity contribution in [3.63, 3.8) is 0 Å². The fourth-order valence-electron chi connectivity index (χ4n) is 4.13. The van der Waals surface area contributed by atoms with Crippen molar-refractivity contribution in [1.82, 2.24) is 25.6 Å². The number of benzene rings is 1. The molecule has 2 aliphatic rings. The lowest BCUT2D eigenvalue weighted by molar-refractivity contribution is -0.134. The first-order chi connectivity index (χ1) is 14.0. The molecule has 2 saturated heterocycles. The lowest BCUT2D eigenvalue weighted by atomic mass is 10.0. The molecule has 3 heterocycles. The third kappa shape index (κ3) is 4.31. The SMILES string of the molecule is Cc1cc(C)cc(C(=O)N2CCN(C(=O)C3CC(c4ccccn4)NN3)CC2)c1. The van der Waals surface area contributed by atoms with E-state index >= 15 is 0 Å². The second-order valence-electron chi connectivity index (χ2n) is 7.88. The molecule has 152 valence electrons. The Kier molecular flexibility index (Phi) is 5.60. The molecule has 2 aromatic rings. The van der Waals surface area contributed by atoms with Gasteiger partial charge in [0.25, 0.3) is 5.91 Å². The Hall–Kier alpha value is -2.77. The van der Waals surface area contributed by atoms with E-state index in [1.54, 1.807) is 6.20 Å². The Bertz CT molecular complexity index is 873. The number of carbonyl (C=O) groups excluding carboxylic acids is 2. The van der Waals surface area contributed by atoms with Crippen LogP contribution in [0.15, 0.2) is 42.6 Å². The maximum absolute atomic E-state index is 12.9. The van der Waals surface area contributed by atoms with Crippen molar-refractivity contribution in [1.29, 1.82) is 0 Å². The van der Waals surface area contributed by atoms with Crippen LogP contribution in [0.5, 0.6) is 0 Å². The van der Waals surface area contributed by atoms with Crippen LogP contribution in [-0.2, 0) is 4.79 Å².